The Morgan fingerprint density at radius 3 is 2.70 bits per heavy atom. The monoisotopic (exact) mass is 439 g/mol. The molecule has 2 aromatic carbocycles. The van der Waals surface area contributed by atoms with Gasteiger partial charge in [0, 0.05) is 10.9 Å². The van der Waals surface area contributed by atoms with E-state index in [4.69, 9.17) is 9.15 Å². The van der Waals surface area contributed by atoms with Crippen molar-refractivity contribution in [1.82, 2.24) is 9.97 Å². The van der Waals surface area contributed by atoms with Crippen LogP contribution in [0.2, 0.25) is 0 Å². The normalized spacial score (nSPS) is 11.9. The summed E-state index contributed by atoms with van der Waals surface area (Å²) in [4.78, 5) is 33.1. The highest BCUT2D eigenvalue weighted by molar-refractivity contribution is 7.99. The van der Waals surface area contributed by atoms with E-state index in [0.29, 0.717) is 15.9 Å². The van der Waals surface area contributed by atoms with Crippen LogP contribution in [0.25, 0.3) is 22.4 Å². The number of benzene rings is 2. The summed E-state index contributed by atoms with van der Waals surface area (Å²) in [5.74, 6) is -0.988. The maximum absolute atomic E-state index is 12.3. The maximum Gasteiger partial charge on any atom is 0.317 e. The third-order valence-corrected chi connectivity index (χ3v) is 5.63. The number of esters is 1. The summed E-state index contributed by atoms with van der Waals surface area (Å²) >= 11 is 2.43. The molecule has 4 rings (SSSR count). The van der Waals surface area contributed by atoms with Gasteiger partial charge < -0.3 is 9.15 Å². The highest BCUT2D eigenvalue weighted by atomic mass is 32.2. The van der Waals surface area contributed by atoms with Crippen molar-refractivity contribution in [3.05, 3.63) is 60.0 Å². The number of nitrogens with one attached hydrogen (secondary N) is 1. The summed E-state index contributed by atoms with van der Waals surface area (Å²) in [5, 5.41) is 5.37. The van der Waals surface area contributed by atoms with Crippen LogP contribution >= 0.6 is 23.1 Å². The number of hydrogen-bond donors (Lipinski definition) is 1. The molecule has 0 fully saturated rings. The number of carbonyl (C=O) groups is 2. The van der Waals surface area contributed by atoms with Gasteiger partial charge in [0.25, 0.3) is 11.1 Å². The first-order valence-corrected chi connectivity index (χ1v) is 10.9. The fourth-order valence-corrected chi connectivity index (χ4v) is 3.94. The van der Waals surface area contributed by atoms with Gasteiger partial charge in [-0.25, -0.2) is 9.97 Å². The second-order valence-electron chi connectivity index (χ2n) is 6.26. The number of anilines is 1. The average molecular weight is 440 g/mol. The van der Waals surface area contributed by atoms with Crippen LogP contribution in [0, 0.1) is 0 Å². The third-order valence-electron chi connectivity index (χ3n) is 4.07. The van der Waals surface area contributed by atoms with E-state index in [2.05, 4.69) is 15.3 Å². The maximum atomic E-state index is 12.3. The fourth-order valence-electron chi connectivity index (χ4n) is 2.60. The van der Waals surface area contributed by atoms with E-state index in [-0.39, 0.29) is 5.75 Å². The van der Waals surface area contributed by atoms with Crippen molar-refractivity contribution >= 4 is 51.2 Å². The van der Waals surface area contributed by atoms with E-state index in [9.17, 15) is 9.59 Å². The van der Waals surface area contributed by atoms with Crippen molar-refractivity contribution in [3.8, 4) is 11.3 Å². The molecule has 9 heteroatoms. The fraction of sp³-hybridized carbons (Fsp3) is 0.143. The van der Waals surface area contributed by atoms with Crippen LogP contribution in [0.15, 0.2) is 69.6 Å². The van der Waals surface area contributed by atoms with Gasteiger partial charge in [0.05, 0.1) is 5.69 Å². The molecule has 0 aliphatic rings. The molecule has 2 aromatic heterocycles. The van der Waals surface area contributed by atoms with Gasteiger partial charge in [0.15, 0.2) is 16.8 Å². The Hall–Kier alpha value is -3.17. The molecule has 0 spiro atoms. The minimum Gasteiger partial charge on any atom is -0.452 e. The van der Waals surface area contributed by atoms with Crippen molar-refractivity contribution in [2.24, 2.45) is 0 Å². The molecule has 0 saturated carbocycles. The molecular formula is C21H17N3O4S2. The quantitative estimate of drug-likeness (QED) is 0.332. The number of thioether (sulfide) groups is 1. The zero-order valence-corrected chi connectivity index (χ0v) is 17.5. The van der Waals surface area contributed by atoms with Gasteiger partial charge in [-0.2, -0.15) is 0 Å². The van der Waals surface area contributed by atoms with Gasteiger partial charge in [-0.1, -0.05) is 54.2 Å². The van der Waals surface area contributed by atoms with E-state index in [1.54, 1.807) is 6.07 Å². The summed E-state index contributed by atoms with van der Waals surface area (Å²) in [6.45, 7) is 1.52. The van der Waals surface area contributed by atoms with Gasteiger partial charge in [-0.3, -0.25) is 14.9 Å². The van der Waals surface area contributed by atoms with Crippen LogP contribution in [-0.4, -0.2) is 33.7 Å². The number of hydrogen-bond acceptors (Lipinski definition) is 8. The van der Waals surface area contributed by atoms with Crippen molar-refractivity contribution < 1.29 is 18.7 Å². The van der Waals surface area contributed by atoms with Gasteiger partial charge in [0.1, 0.15) is 11.3 Å². The van der Waals surface area contributed by atoms with Crippen molar-refractivity contribution in [2.45, 2.75) is 18.3 Å². The summed E-state index contributed by atoms with van der Waals surface area (Å²) < 4.78 is 10.8. The number of aromatic nitrogens is 2. The summed E-state index contributed by atoms with van der Waals surface area (Å²) in [6.07, 6.45) is -0.953. The Kier molecular flexibility index (Phi) is 6.10. The van der Waals surface area contributed by atoms with Gasteiger partial charge in [-0.15, -0.1) is 11.3 Å². The van der Waals surface area contributed by atoms with Crippen molar-refractivity contribution in [3.63, 3.8) is 0 Å². The van der Waals surface area contributed by atoms with Gasteiger partial charge in [0.2, 0.25) is 0 Å². The Balaban J connectivity index is 1.27. The van der Waals surface area contributed by atoms with Crippen LogP contribution in [0.5, 0.6) is 0 Å². The van der Waals surface area contributed by atoms with E-state index in [1.807, 2.05) is 53.9 Å². The first-order chi connectivity index (χ1) is 14.6. The first kappa shape index (κ1) is 20.1. The second kappa shape index (κ2) is 9.10. The smallest absolute Gasteiger partial charge is 0.317 e. The molecule has 0 aliphatic carbocycles. The molecular weight excluding hydrogens is 422 g/mol. The minimum atomic E-state index is -0.953. The SMILES string of the molecule is CC(OC(=O)CSc1nc2ccccc2o1)C(=O)Nc1nc(-c2ccccc2)cs1. The Morgan fingerprint density at radius 1 is 1.13 bits per heavy atom. The standard InChI is InChI=1S/C21H17N3O4S2/c1-13(19(26)24-20-22-16(11-29-20)14-7-3-2-4-8-14)27-18(25)12-30-21-23-15-9-5-6-10-17(15)28-21/h2-11,13H,12H2,1H3,(H,22,24,26). The number of oxazole rings is 1. The number of thiazole rings is 1. The zero-order valence-electron chi connectivity index (χ0n) is 15.9. The predicted molar refractivity (Wildman–Crippen MR) is 116 cm³/mol. The Morgan fingerprint density at radius 2 is 1.90 bits per heavy atom. The summed E-state index contributed by atoms with van der Waals surface area (Å²) in [5.41, 5.74) is 3.11. The Labute approximate surface area is 180 Å². The molecule has 1 N–H and O–H groups in total. The number of fused-ring (bicyclic) bond motifs is 1. The highest BCUT2D eigenvalue weighted by Gasteiger charge is 2.20. The molecule has 0 aliphatic heterocycles. The minimum absolute atomic E-state index is 0.0140. The number of nitrogens with zero attached hydrogens (tertiary/aromatic N) is 2. The molecule has 1 unspecified atom stereocenters. The lowest BCUT2D eigenvalue weighted by molar-refractivity contribution is -0.150. The lowest BCUT2D eigenvalue weighted by Crippen LogP contribution is -2.30. The first-order valence-electron chi connectivity index (χ1n) is 9.08. The molecule has 0 bridgehead atoms. The molecule has 1 atom stereocenters. The van der Waals surface area contributed by atoms with E-state index in [1.165, 1.54) is 18.3 Å². The average Bonchev–Trinajstić information content (AvgIpc) is 3.39. The van der Waals surface area contributed by atoms with Crippen LogP contribution in [0.1, 0.15) is 6.92 Å². The number of rotatable bonds is 7. The topological polar surface area (TPSA) is 94.3 Å². The summed E-state index contributed by atoms with van der Waals surface area (Å²) in [7, 11) is 0. The molecule has 152 valence electrons. The molecule has 0 saturated heterocycles. The van der Waals surface area contributed by atoms with E-state index >= 15 is 0 Å². The van der Waals surface area contributed by atoms with Gasteiger partial charge in [-0.05, 0) is 19.1 Å². The molecule has 30 heavy (non-hydrogen) atoms. The summed E-state index contributed by atoms with van der Waals surface area (Å²) in [6, 6.07) is 17.0. The van der Waals surface area contributed by atoms with Crippen LogP contribution in [0.3, 0.4) is 0 Å². The van der Waals surface area contributed by atoms with E-state index in [0.717, 1.165) is 28.5 Å². The van der Waals surface area contributed by atoms with Crippen LogP contribution in [0.4, 0.5) is 5.13 Å². The third kappa shape index (κ3) is 4.87. The number of carbonyl (C=O) groups excluding carboxylic acids is 2. The van der Waals surface area contributed by atoms with E-state index < -0.39 is 18.0 Å². The zero-order chi connectivity index (χ0) is 20.9. The van der Waals surface area contributed by atoms with Gasteiger partial charge >= 0.3 is 5.97 Å². The highest BCUT2D eigenvalue weighted by Crippen LogP contribution is 2.25. The van der Waals surface area contributed by atoms with Crippen molar-refractivity contribution in [2.75, 3.05) is 11.1 Å². The second-order valence-corrected chi connectivity index (χ2v) is 8.05. The number of para-hydroxylation sites is 2. The van der Waals surface area contributed by atoms with Crippen LogP contribution in [-0.2, 0) is 14.3 Å². The lowest BCUT2D eigenvalue weighted by atomic mass is 10.2. The lowest BCUT2D eigenvalue weighted by Gasteiger charge is -2.11. The predicted octanol–water partition coefficient (Wildman–Crippen LogP) is 4.61. The Bertz CT molecular complexity index is 1140. The van der Waals surface area contributed by atoms with Crippen LogP contribution < -0.4 is 5.32 Å². The molecule has 0 radical (unpaired) electrons. The largest absolute Gasteiger partial charge is 0.452 e. The molecule has 7 nitrogen and oxygen atoms in total. The molecule has 2 heterocycles. The molecule has 1 amide bonds. The number of ether oxygens (including phenoxy) is 1. The number of amides is 1. The van der Waals surface area contributed by atoms with Crippen molar-refractivity contribution in [1.29, 1.82) is 0 Å². The molecule has 4 aromatic rings.